The number of nitrogens with zero attached hydrogens (tertiary/aromatic N) is 6. The van der Waals surface area contributed by atoms with Crippen LogP contribution in [-0.2, 0) is 0 Å². The van der Waals surface area contributed by atoms with Crippen LogP contribution in [0.25, 0.3) is 16.6 Å². The monoisotopic (exact) mass is 448 g/mol. The molecule has 1 amide bonds. The summed E-state index contributed by atoms with van der Waals surface area (Å²) in [6, 6.07) is 12.0. The standard InChI is InChI=1S/C23H24N6O2S/c1-15-24-18(14-32-15)23(30)28-11-10-27(2)20(13-28)22-19-9-8-16(12-29(19)26-25-22)17-6-4-5-7-21(17)31-3/h4-9,12,14,20H,10-11,13H2,1-3H3/t20-/m0/s1. The Labute approximate surface area is 190 Å². The first-order chi connectivity index (χ1) is 15.5. The highest BCUT2D eigenvalue weighted by Gasteiger charge is 2.32. The molecule has 32 heavy (non-hydrogen) atoms. The molecular weight excluding hydrogens is 424 g/mol. The zero-order valence-electron chi connectivity index (χ0n) is 18.2. The fraction of sp³-hybridized carbons (Fsp3) is 0.304. The number of methoxy groups -OCH3 is 1. The Bertz CT molecular complexity index is 1280. The summed E-state index contributed by atoms with van der Waals surface area (Å²) in [5.74, 6) is 0.785. The lowest BCUT2D eigenvalue weighted by Crippen LogP contribution is -2.49. The van der Waals surface area contributed by atoms with E-state index < -0.39 is 0 Å². The Balaban J connectivity index is 1.45. The van der Waals surface area contributed by atoms with Crippen molar-refractivity contribution in [1.82, 2.24) is 29.6 Å². The summed E-state index contributed by atoms with van der Waals surface area (Å²) < 4.78 is 7.31. The number of carbonyl (C=O) groups excluding carboxylic acids is 1. The SMILES string of the molecule is COc1ccccc1-c1ccc2c([C@@H]3CN(C(=O)c4csc(C)n4)CCN3C)nnn2c1. The molecule has 0 radical (unpaired) electrons. The third-order valence-corrected chi connectivity index (χ3v) is 6.72. The van der Waals surface area contributed by atoms with E-state index in [0.29, 0.717) is 18.8 Å². The molecule has 4 heterocycles. The van der Waals surface area contributed by atoms with E-state index in [1.807, 2.05) is 53.7 Å². The van der Waals surface area contributed by atoms with Crippen LogP contribution >= 0.6 is 11.3 Å². The van der Waals surface area contributed by atoms with E-state index in [2.05, 4.69) is 33.3 Å². The second-order valence-corrected chi connectivity index (χ2v) is 8.98. The van der Waals surface area contributed by atoms with Crippen molar-refractivity contribution in [2.24, 2.45) is 0 Å². The summed E-state index contributed by atoms with van der Waals surface area (Å²) in [6.45, 7) is 3.89. The van der Waals surface area contributed by atoms with Crippen molar-refractivity contribution in [2.75, 3.05) is 33.8 Å². The molecule has 1 aliphatic rings. The number of hydrogen-bond donors (Lipinski definition) is 0. The number of amides is 1. The average molecular weight is 449 g/mol. The van der Waals surface area contributed by atoms with Crippen LogP contribution in [0.3, 0.4) is 0 Å². The summed E-state index contributed by atoms with van der Waals surface area (Å²) >= 11 is 1.50. The van der Waals surface area contributed by atoms with Gasteiger partial charge in [-0.05, 0) is 26.1 Å². The van der Waals surface area contributed by atoms with E-state index in [0.717, 1.165) is 39.6 Å². The molecule has 0 aliphatic carbocycles. The maximum absolute atomic E-state index is 13.0. The van der Waals surface area contributed by atoms with Crippen molar-refractivity contribution in [3.8, 4) is 16.9 Å². The van der Waals surface area contributed by atoms with Gasteiger partial charge in [0.25, 0.3) is 5.91 Å². The maximum Gasteiger partial charge on any atom is 0.273 e. The number of piperazine rings is 1. The zero-order chi connectivity index (χ0) is 22.2. The summed E-state index contributed by atoms with van der Waals surface area (Å²) in [4.78, 5) is 21.4. The van der Waals surface area contributed by atoms with Crippen molar-refractivity contribution in [3.63, 3.8) is 0 Å². The van der Waals surface area contributed by atoms with Gasteiger partial charge in [-0.25, -0.2) is 9.50 Å². The third-order valence-electron chi connectivity index (χ3n) is 5.95. The topological polar surface area (TPSA) is 75.9 Å². The van der Waals surface area contributed by atoms with Crippen LogP contribution in [0.5, 0.6) is 5.75 Å². The Kier molecular flexibility index (Phi) is 5.36. The van der Waals surface area contributed by atoms with Crippen molar-refractivity contribution in [3.05, 3.63) is 64.4 Å². The van der Waals surface area contributed by atoms with Gasteiger partial charge in [-0.15, -0.1) is 16.4 Å². The molecule has 0 unspecified atom stereocenters. The van der Waals surface area contributed by atoms with E-state index in [4.69, 9.17) is 4.74 Å². The second-order valence-electron chi connectivity index (χ2n) is 7.92. The molecule has 0 spiro atoms. The van der Waals surface area contributed by atoms with Gasteiger partial charge in [-0.1, -0.05) is 29.5 Å². The maximum atomic E-state index is 13.0. The minimum atomic E-state index is -0.0398. The van der Waals surface area contributed by atoms with Crippen LogP contribution in [0.2, 0.25) is 0 Å². The quantitative estimate of drug-likeness (QED) is 0.477. The second kappa shape index (κ2) is 8.33. The summed E-state index contributed by atoms with van der Waals surface area (Å²) in [6.07, 6.45) is 1.97. The minimum Gasteiger partial charge on any atom is -0.496 e. The highest BCUT2D eigenvalue weighted by molar-refractivity contribution is 7.09. The molecule has 164 valence electrons. The highest BCUT2D eigenvalue weighted by Crippen LogP contribution is 2.32. The number of para-hydroxylation sites is 1. The molecule has 0 bridgehead atoms. The molecule has 5 rings (SSSR count). The van der Waals surface area contributed by atoms with E-state index >= 15 is 0 Å². The van der Waals surface area contributed by atoms with Gasteiger partial charge < -0.3 is 9.64 Å². The Morgan fingerprint density at radius 3 is 2.81 bits per heavy atom. The first kappa shape index (κ1) is 20.6. The lowest BCUT2D eigenvalue weighted by Gasteiger charge is -2.38. The average Bonchev–Trinajstić information content (AvgIpc) is 3.44. The number of rotatable bonds is 4. The van der Waals surface area contributed by atoms with Crippen molar-refractivity contribution < 1.29 is 9.53 Å². The highest BCUT2D eigenvalue weighted by atomic mass is 32.1. The van der Waals surface area contributed by atoms with Crippen molar-refractivity contribution in [1.29, 1.82) is 0 Å². The number of hydrogen-bond acceptors (Lipinski definition) is 7. The summed E-state index contributed by atoms with van der Waals surface area (Å²) in [5.41, 5.74) is 4.31. The van der Waals surface area contributed by atoms with Gasteiger partial charge >= 0.3 is 0 Å². The first-order valence-electron chi connectivity index (χ1n) is 10.4. The van der Waals surface area contributed by atoms with Crippen molar-refractivity contribution in [2.45, 2.75) is 13.0 Å². The molecule has 1 atom stereocenters. The lowest BCUT2D eigenvalue weighted by molar-refractivity contribution is 0.0537. The molecule has 9 heteroatoms. The van der Waals surface area contributed by atoms with E-state index in [-0.39, 0.29) is 11.9 Å². The number of fused-ring (bicyclic) bond motifs is 1. The first-order valence-corrected chi connectivity index (χ1v) is 11.3. The van der Waals surface area contributed by atoms with Gasteiger partial charge in [0, 0.05) is 42.3 Å². The van der Waals surface area contributed by atoms with Gasteiger partial charge in [0.2, 0.25) is 0 Å². The molecule has 8 nitrogen and oxygen atoms in total. The fourth-order valence-corrected chi connectivity index (χ4v) is 4.76. The van der Waals surface area contributed by atoms with Crippen LogP contribution < -0.4 is 4.74 Å². The number of benzene rings is 1. The van der Waals surface area contributed by atoms with Gasteiger partial charge in [-0.2, -0.15) is 0 Å². The normalized spacial score (nSPS) is 17.1. The van der Waals surface area contributed by atoms with E-state index in [1.54, 1.807) is 11.6 Å². The number of aryl methyl sites for hydroxylation is 1. The van der Waals surface area contributed by atoms with Gasteiger partial charge in [-0.3, -0.25) is 9.69 Å². The predicted octanol–water partition coefficient (Wildman–Crippen LogP) is 3.30. The number of thiazole rings is 1. The van der Waals surface area contributed by atoms with Crippen LogP contribution in [0.15, 0.2) is 48.0 Å². The molecule has 1 saturated heterocycles. The van der Waals surface area contributed by atoms with Gasteiger partial charge in [0.05, 0.1) is 23.7 Å². The smallest absolute Gasteiger partial charge is 0.273 e. The number of carbonyl (C=O) groups is 1. The van der Waals surface area contributed by atoms with Gasteiger partial charge in [0.1, 0.15) is 17.1 Å². The van der Waals surface area contributed by atoms with Gasteiger partial charge in [0.15, 0.2) is 0 Å². The minimum absolute atomic E-state index is 0.0256. The number of ether oxygens (including phenoxy) is 1. The fourth-order valence-electron chi connectivity index (χ4n) is 4.17. The summed E-state index contributed by atoms with van der Waals surface area (Å²) in [5, 5.41) is 11.6. The summed E-state index contributed by atoms with van der Waals surface area (Å²) in [7, 11) is 3.73. The molecule has 1 fully saturated rings. The molecular formula is C23H24N6O2S. The molecule has 3 aromatic heterocycles. The Morgan fingerprint density at radius 2 is 2.03 bits per heavy atom. The van der Waals surface area contributed by atoms with Crippen LogP contribution in [-0.4, -0.2) is 69.3 Å². The van der Waals surface area contributed by atoms with Crippen LogP contribution in [0.1, 0.15) is 27.2 Å². The molecule has 0 saturated carbocycles. The molecule has 4 aromatic rings. The largest absolute Gasteiger partial charge is 0.496 e. The number of likely N-dealkylation sites (N-methyl/N-ethyl adjacent to an activating group) is 1. The zero-order valence-corrected chi connectivity index (χ0v) is 19.0. The lowest BCUT2D eigenvalue weighted by atomic mass is 10.0. The predicted molar refractivity (Wildman–Crippen MR) is 123 cm³/mol. The molecule has 1 aliphatic heterocycles. The third kappa shape index (κ3) is 3.63. The van der Waals surface area contributed by atoms with E-state index in [1.165, 1.54) is 11.3 Å². The molecule has 0 N–H and O–H groups in total. The Hall–Kier alpha value is -3.30. The Morgan fingerprint density at radius 1 is 1.19 bits per heavy atom. The number of aromatic nitrogens is 4. The van der Waals surface area contributed by atoms with Crippen LogP contribution in [0, 0.1) is 6.92 Å². The number of pyridine rings is 1. The van der Waals surface area contributed by atoms with E-state index in [9.17, 15) is 4.79 Å². The molecule has 1 aromatic carbocycles. The van der Waals surface area contributed by atoms with Crippen molar-refractivity contribution >= 4 is 22.8 Å². The van der Waals surface area contributed by atoms with Crippen LogP contribution in [0.4, 0.5) is 0 Å².